The lowest BCUT2D eigenvalue weighted by molar-refractivity contribution is -0.123. The maximum Gasteiger partial charge on any atom is 0.257 e. The van der Waals surface area contributed by atoms with Gasteiger partial charge in [0.05, 0.1) is 11.5 Å². The van der Waals surface area contributed by atoms with Crippen LogP contribution >= 0.6 is 11.8 Å². The van der Waals surface area contributed by atoms with Crippen LogP contribution in [0.15, 0.2) is 58.5 Å². The molecule has 0 spiro atoms. The molecule has 1 aliphatic rings. The molecule has 31 heavy (non-hydrogen) atoms. The highest BCUT2D eigenvalue weighted by molar-refractivity contribution is 7.98. The van der Waals surface area contributed by atoms with Gasteiger partial charge in [-0.2, -0.15) is 0 Å². The van der Waals surface area contributed by atoms with Crippen LogP contribution in [0.4, 0.5) is 11.5 Å². The van der Waals surface area contributed by atoms with Gasteiger partial charge in [0.1, 0.15) is 5.82 Å². The molecule has 1 aliphatic heterocycles. The molecule has 3 N–H and O–H groups in total. The monoisotopic (exact) mass is 434 g/mol. The van der Waals surface area contributed by atoms with E-state index in [4.69, 9.17) is 0 Å². The summed E-state index contributed by atoms with van der Waals surface area (Å²) in [5.41, 5.74) is 3.60. The van der Waals surface area contributed by atoms with Crippen molar-refractivity contribution in [3.63, 3.8) is 0 Å². The maximum absolute atomic E-state index is 12.9. The van der Waals surface area contributed by atoms with Crippen LogP contribution in [-0.4, -0.2) is 21.8 Å². The predicted molar refractivity (Wildman–Crippen MR) is 121 cm³/mol. The number of H-pyrrole nitrogens is 1. The first-order valence-electron chi connectivity index (χ1n) is 9.90. The number of anilines is 2. The number of nitrogens with zero attached hydrogens (tertiary/aromatic N) is 1. The smallest absolute Gasteiger partial charge is 0.257 e. The van der Waals surface area contributed by atoms with Gasteiger partial charge in [0.15, 0.2) is 5.16 Å². The van der Waals surface area contributed by atoms with Gasteiger partial charge in [0, 0.05) is 17.9 Å². The standard InChI is InChI=1S/C23H22N4O3S/c1-13-7-3-5-9-15(13)12-31-23-26-20-19(22(30)27-23)16(11-18(28)25-20)21(29)24-17-10-6-4-8-14(17)2/h3-10,16H,11-12H2,1-2H3,(H,24,29)(H2,25,26,27,28,30). The number of rotatable bonds is 5. The number of carbonyl (C=O) groups is 2. The number of fused-ring (bicyclic) bond motifs is 1. The number of hydrogen-bond acceptors (Lipinski definition) is 5. The highest BCUT2D eigenvalue weighted by atomic mass is 32.2. The summed E-state index contributed by atoms with van der Waals surface area (Å²) in [6, 6.07) is 15.3. The normalized spacial score (nSPS) is 15.2. The Kier molecular flexibility index (Phi) is 5.90. The zero-order valence-corrected chi connectivity index (χ0v) is 18.0. The number of hydrogen-bond donors (Lipinski definition) is 3. The van der Waals surface area contributed by atoms with Crippen molar-refractivity contribution in [2.24, 2.45) is 0 Å². The fourth-order valence-electron chi connectivity index (χ4n) is 3.49. The maximum atomic E-state index is 12.9. The van der Waals surface area contributed by atoms with Crippen LogP contribution in [0, 0.1) is 13.8 Å². The molecule has 2 aromatic carbocycles. The molecule has 3 aromatic rings. The van der Waals surface area contributed by atoms with Crippen LogP contribution in [0.3, 0.4) is 0 Å². The van der Waals surface area contributed by atoms with Gasteiger partial charge < -0.3 is 15.6 Å². The van der Waals surface area contributed by atoms with Gasteiger partial charge in [-0.05, 0) is 36.6 Å². The van der Waals surface area contributed by atoms with Gasteiger partial charge in [0.25, 0.3) is 5.56 Å². The van der Waals surface area contributed by atoms with Crippen molar-refractivity contribution in [3.05, 3.63) is 81.1 Å². The molecule has 7 nitrogen and oxygen atoms in total. The van der Waals surface area contributed by atoms with Crippen LogP contribution in [0.25, 0.3) is 0 Å². The topological polar surface area (TPSA) is 104 Å². The lowest BCUT2D eigenvalue weighted by Crippen LogP contribution is -2.36. The summed E-state index contributed by atoms with van der Waals surface area (Å²) >= 11 is 1.37. The highest BCUT2D eigenvalue weighted by Crippen LogP contribution is 2.31. The molecule has 2 amide bonds. The molecule has 1 aromatic heterocycles. The van der Waals surface area contributed by atoms with E-state index in [9.17, 15) is 14.4 Å². The quantitative estimate of drug-likeness (QED) is 0.419. The van der Waals surface area contributed by atoms with Crippen molar-refractivity contribution in [2.75, 3.05) is 10.6 Å². The number of aromatic nitrogens is 2. The Morgan fingerprint density at radius 1 is 1.10 bits per heavy atom. The van der Waals surface area contributed by atoms with Gasteiger partial charge in [-0.1, -0.05) is 54.2 Å². The predicted octanol–water partition coefficient (Wildman–Crippen LogP) is 3.74. The third-order valence-corrected chi connectivity index (χ3v) is 6.20. The van der Waals surface area contributed by atoms with Crippen molar-refractivity contribution in [1.29, 1.82) is 0 Å². The number of aromatic amines is 1. The van der Waals surface area contributed by atoms with E-state index in [2.05, 4.69) is 20.6 Å². The Balaban J connectivity index is 1.59. The van der Waals surface area contributed by atoms with E-state index >= 15 is 0 Å². The third-order valence-electron chi connectivity index (χ3n) is 5.27. The fourth-order valence-corrected chi connectivity index (χ4v) is 4.43. The van der Waals surface area contributed by atoms with Gasteiger partial charge in [-0.15, -0.1) is 0 Å². The minimum atomic E-state index is -0.907. The van der Waals surface area contributed by atoms with Crippen LogP contribution in [-0.2, 0) is 15.3 Å². The number of thioether (sulfide) groups is 1. The number of nitrogens with one attached hydrogen (secondary N) is 3. The summed E-state index contributed by atoms with van der Waals surface area (Å²) < 4.78 is 0. The van der Waals surface area contributed by atoms with Crippen molar-refractivity contribution < 1.29 is 9.59 Å². The third kappa shape index (κ3) is 4.54. The van der Waals surface area contributed by atoms with Gasteiger partial charge in [-0.3, -0.25) is 14.4 Å². The molecule has 0 aliphatic carbocycles. The van der Waals surface area contributed by atoms with Crippen LogP contribution in [0.2, 0.25) is 0 Å². The first kappa shape index (κ1) is 20.9. The van der Waals surface area contributed by atoms with E-state index in [1.165, 1.54) is 11.8 Å². The van der Waals surface area contributed by atoms with Crippen LogP contribution in [0.1, 0.15) is 34.6 Å². The van der Waals surface area contributed by atoms with Gasteiger partial charge in [0.2, 0.25) is 11.8 Å². The first-order chi connectivity index (χ1) is 14.9. The van der Waals surface area contributed by atoms with Gasteiger partial charge in [-0.25, -0.2) is 4.98 Å². The Hall–Kier alpha value is -3.39. The Morgan fingerprint density at radius 2 is 1.81 bits per heavy atom. The summed E-state index contributed by atoms with van der Waals surface area (Å²) in [5, 5.41) is 5.87. The molecule has 8 heteroatoms. The molecular weight excluding hydrogens is 412 g/mol. The minimum Gasteiger partial charge on any atom is -0.325 e. The molecule has 0 radical (unpaired) electrons. The molecule has 1 atom stereocenters. The number of aryl methyl sites for hydroxylation is 2. The lowest BCUT2D eigenvalue weighted by atomic mass is 9.92. The molecule has 0 fully saturated rings. The summed E-state index contributed by atoms with van der Waals surface area (Å²) in [4.78, 5) is 45.2. The second-order valence-electron chi connectivity index (χ2n) is 7.46. The summed E-state index contributed by atoms with van der Waals surface area (Å²) in [5.74, 6) is -0.879. The molecular formula is C23H22N4O3S. The Labute approximate surface area is 183 Å². The minimum absolute atomic E-state index is 0.106. The molecule has 0 bridgehead atoms. The average Bonchev–Trinajstić information content (AvgIpc) is 2.74. The Morgan fingerprint density at radius 3 is 2.55 bits per heavy atom. The molecule has 0 saturated heterocycles. The van der Waals surface area contributed by atoms with Gasteiger partial charge >= 0.3 is 0 Å². The zero-order valence-electron chi connectivity index (χ0n) is 17.2. The SMILES string of the molecule is Cc1ccccc1CSc1nc2c(c(=O)[nH]1)C(C(=O)Nc1ccccc1C)CC(=O)N2. The number of para-hydroxylation sites is 1. The number of amides is 2. The van der Waals surface area contributed by atoms with Crippen molar-refractivity contribution >= 4 is 35.1 Å². The second kappa shape index (κ2) is 8.77. The number of carbonyl (C=O) groups excluding carboxylic acids is 2. The number of benzene rings is 2. The summed E-state index contributed by atoms with van der Waals surface area (Å²) in [6.45, 7) is 3.90. The van der Waals surface area contributed by atoms with Crippen molar-refractivity contribution in [2.45, 2.75) is 37.1 Å². The molecule has 1 unspecified atom stereocenters. The lowest BCUT2D eigenvalue weighted by Gasteiger charge is -2.23. The second-order valence-corrected chi connectivity index (χ2v) is 8.42. The largest absolute Gasteiger partial charge is 0.325 e. The highest BCUT2D eigenvalue weighted by Gasteiger charge is 2.34. The Bertz CT molecular complexity index is 1220. The van der Waals surface area contributed by atoms with E-state index < -0.39 is 17.4 Å². The molecule has 2 heterocycles. The molecule has 0 saturated carbocycles. The van der Waals surface area contributed by atoms with Crippen molar-refractivity contribution in [3.8, 4) is 0 Å². The fraction of sp³-hybridized carbons (Fsp3) is 0.217. The van der Waals surface area contributed by atoms with Crippen molar-refractivity contribution in [1.82, 2.24) is 9.97 Å². The zero-order chi connectivity index (χ0) is 22.0. The first-order valence-corrected chi connectivity index (χ1v) is 10.9. The average molecular weight is 435 g/mol. The molecule has 4 rings (SSSR count). The van der Waals surface area contributed by atoms with Crippen LogP contribution < -0.4 is 16.2 Å². The van der Waals surface area contributed by atoms with E-state index in [1.54, 1.807) is 6.07 Å². The van der Waals surface area contributed by atoms with E-state index in [-0.39, 0.29) is 23.7 Å². The van der Waals surface area contributed by atoms with E-state index in [0.29, 0.717) is 16.6 Å². The van der Waals surface area contributed by atoms with Crippen LogP contribution in [0.5, 0.6) is 0 Å². The molecule has 158 valence electrons. The summed E-state index contributed by atoms with van der Waals surface area (Å²) in [7, 11) is 0. The van der Waals surface area contributed by atoms with E-state index in [1.807, 2.05) is 56.3 Å². The van der Waals surface area contributed by atoms with E-state index in [0.717, 1.165) is 16.7 Å². The summed E-state index contributed by atoms with van der Waals surface area (Å²) in [6.07, 6.45) is -0.106.